The average Bonchev–Trinajstić information content (AvgIpc) is 2.77. The average molecular weight is 274 g/mol. The SMILES string of the molecule is CCCn1cc(CCN)c2cc(CC)cc(C(=O)O)c21. The fourth-order valence-electron chi connectivity index (χ4n) is 2.71. The summed E-state index contributed by atoms with van der Waals surface area (Å²) in [5.41, 5.74) is 9.11. The highest BCUT2D eigenvalue weighted by atomic mass is 16.4. The van der Waals surface area contributed by atoms with E-state index in [1.807, 2.05) is 6.92 Å². The van der Waals surface area contributed by atoms with E-state index in [0.717, 1.165) is 47.8 Å². The number of carboxylic acid groups (broad SMARTS) is 1. The van der Waals surface area contributed by atoms with Gasteiger partial charge in [-0.25, -0.2) is 4.79 Å². The number of aryl methyl sites for hydroxylation is 2. The van der Waals surface area contributed by atoms with Crippen molar-refractivity contribution in [3.63, 3.8) is 0 Å². The maximum atomic E-state index is 11.6. The van der Waals surface area contributed by atoms with Gasteiger partial charge in [0.1, 0.15) is 0 Å². The van der Waals surface area contributed by atoms with Crippen molar-refractivity contribution in [2.24, 2.45) is 5.73 Å². The fraction of sp³-hybridized carbons (Fsp3) is 0.438. The zero-order chi connectivity index (χ0) is 14.7. The number of carbonyl (C=O) groups is 1. The van der Waals surface area contributed by atoms with Crippen LogP contribution >= 0.6 is 0 Å². The Morgan fingerprint density at radius 1 is 1.35 bits per heavy atom. The number of aromatic nitrogens is 1. The lowest BCUT2D eigenvalue weighted by Gasteiger charge is -2.08. The van der Waals surface area contributed by atoms with Gasteiger partial charge in [-0.2, -0.15) is 0 Å². The molecular weight excluding hydrogens is 252 g/mol. The number of nitrogens with two attached hydrogens (primary N) is 1. The third-order valence-corrected chi connectivity index (χ3v) is 3.63. The second-order valence-corrected chi connectivity index (χ2v) is 5.08. The molecule has 4 heteroatoms. The van der Waals surface area contributed by atoms with Crippen LogP contribution < -0.4 is 5.73 Å². The fourth-order valence-corrected chi connectivity index (χ4v) is 2.71. The first-order valence-corrected chi connectivity index (χ1v) is 7.20. The number of hydrogen-bond donors (Lipinski definition) is 2. The molecule has 1 heterocycles. The van der Waals surface area contributed by atoms with Crippen molar-refractivity contribution in [1.82, 2.24) is 4.57 Å². The van der Waals surface area contributed by atoms with Crippen LogP contribution in [0.15, 0.2) is 18.3 Å². The molecule has 2 rings (SSSR count). The number of benzene rings is 1. The number of carboxylic acids is 1. The highest BCUT2D eigenvalue weighted by Gasteiger charge is 2.17. The van der Waals surface area contributed by atoms with Crippen LogP contribution in [0, 0.1) is 0 Å². The van der Waals surface area contributed by atoms with Gasteiger partial charge in [0.15, 0.2) is 0 Å². The number of hydrogen-bond acceptors (Lipinski definition) is 2. The summed E-state index contributed by atoms with van der Waals surface area (Å²) in [5, 5.41) is 10.5. The van der Waals surface area contributed by atoms with E-state index in [9.17, 15) is 9.90 Å². The molecule has 0 saturated heterocycles. The van der Waals surface area contributed by atoms with E-state index in [2.05, 4.69) is 23.8 Å². The number of aromatic carboxylic acids is 1. The Bertz CT molecular complexity index is 629. The zero-order valence-corrected chi connectivity index (χ0v) is 12.1. The van der Waals surface area contributed by atoms with Gasteiger partial charge in [0, 0.05) is 18.1 Å². The standard InChI is InChI=1S/C16H22N2O2/c1-3-7-18-10-12(5-6-17)13-8-11(4-2)9-14(15(13)18)16(19)20/h8-10H,3-7,17H2,1-2H3,(H,19,20). The minimum atomic E-state index is -0.861. The van der Waals surface area contributed by atoms with Gasteiger partial charge in [0.25, 0.3) is 0 Å². The third kappa shape index (κ3) is 2.56. The molecule has 1 aromatic carbocycles. The molecule has 20 heavy (non-hydrogen) atoms. The van der Waals surface area contributed by atoms with E-state index < -0.39 is 5.97 Å². The largest absolute Gasteiger partial charge is 0.478 e. The first-order chi connectivity index (χ1) is 9.62. The smallest absolute Gasteiger partial charge is 0.337 e. The van der Waals surface area contributed by atoms with Crippen LogP contribution in [-0.4, -0.2) is 22.2 Å². The monoisotopic (exact) mass is 274 g/mol. The highest BCUT2D eigenvalue weighted by molar-refractivity contribution is 6.03. The van der Waals surface area contributed by atoms with Crippen molar-refractivity contribution >= 4 is 16.9 Å². The predicted molar refractivity (Wildman–Crippen MR) is 81.3 cm³/mol. The van der Waals surface area contributed by atoms with Crippen LogP contribution in [0.3, 0.4) is 0 Å². The molecule has 0 spiro atoms. The van der Waals surface area contributed by atoms with Gasteiger partial charge in [-0.1, -0.05) is 13.8 Å². The molecular formula is C16H22N2O2. The van der Waals surface area contributed by atoms with Crippen molar-refractivity contribution in [3.05, 3.63) is 35.0 Å². The number of rotatable bonds is 6. The van der Waals surface area contributed by atoms with Crippen LogP contribution in [0.2, 0.25) is 0 Å². The molecule has 0 atom stereocenters. The van der Waals surface area contributed by atoms with E-state index in [0.29, 0.717) is 12.1 Å². The lowest BCUT2D eigenvalue weighted by Crippen LogP contribution is -2.04. The lowest BCUT2D eigenvalue weighted by molar-refractivity contribution is 0.0698. The van der Waals surface area contributed by atoms with Crippen molar-refractivity contribution in [3.8, 4) is 0 Å². The molecule has 1 aromatic heterocycles. The zero-order valence-electron chi connectivity index (χ0n) is 12.1. The Hall–Kier alpha value is -1.81. The second-order valence-electron chi connectivity index (χ2n) is 5.08. The highest BCUT2D eigenvalue weighted by Crippen LogP contribution is 2.28. The predicted octanol–water partition coefficient (Wildman–Crippen LogP) is 2.81. The van der Waals surface area contributed by atoms with Gasteiger partial charge in [-0.05, 0) is 49.1 Å². The minimum absolute atomic E-state index is 0.399. The Balaban J connectivity index is 2.77. The molecule has 0 saturated carbocycles. The van der Waals surface area contributed by atoms with Gasteiger partial charge in [-0.3, -0.25) is 0 Å². The summed E-state index contributed by atoms with van der Waals surface area (Å²) < 4.78 is 2.06. The van der Waals surface area contributed by atoms with Gasteiger partial charge in [0.2, 0.25) is 0 Å². The number of fused-ring (bicyclic) bond motifs is 1. The van der Waals surface area contributed by atoms with E-state index in [1.165, 1.54) is 0 Å². The van der Waals surface area contributed by atoms with E-state index in [1.54, 1.807) is 6.07 Å². The third-order valence-electron chi connectivity index (χ3n) is 3.63. The van der Waals surface area contributed by atoms with Crippen molar-refractivity contribution in [2.45, 2.75) is 39.7 Å². The summed E-state index contributed by atoms with van der Waals surface area (Å²) in [5.74, 6) is -0.861. The van der Waals surface area contributed by atoms with Crippen LogP contribution in [0.4, 0.5) is 0 Å². The normalized spacial score (nSPS) is 11.2. The van der Waals surface area contributed by atoms with E-state index in [4.69, 9.17) is 5.73 Å². The minimum Gasteiger partial charge on any atom is -0.478 e. The Morgan fingerprint density at radius 3 is 2.65 bits per heavy atom. The summed E-state index contributed by atoms with van der Waals surface area (Å²) >= 11 is 0. The maximum absolute atomic E-state index is 11.6. The molecule has 0 fully saturated rings. The molecule has 4 nitrogen and oxygen atoms in total. The molecule has 0 aliphatic rings. The van der Waals surface area contributed by atoms with Crippen molar-refractivity contribution in [2.75, 3.05) is 6.54 Å². The Labute approximate surface area is 119 Å². The molecule has 2 aromatic rings. The second kappa shape index (κ2) is 6.09. The van der Waals surface area contributed by atoms with Crippen LogP contribution in [-0.2, 0) is 19.4 Å². The summed E-state index contributed by atoms with van der Waals surface area (Å²) in [7, 11) is 0. The molecule has 0 bridgehead atoms. The summed E-state index contributed by atoms with van der Waals surface area (Å²) in [4.78, 5) is 11.6. The first-order valence-electron chi connectivity index (χ1n) is 7.20. The molecule has 0 aliphatic carbocycles. The van der Waals surface area contributed by atoms with E-state index in [-0.39, 0.29) is 0 Å². The van der Waals surface area contributed by atoms with Crippen LogP contribution in [0.1, 0.15) is 41.8 Å². The molecule has 0 unspecified atom stereocenters. The Morgan fingerprint density at radius 2 is 2.10 bits per heavy atom. The molecule has 0 aliphatic heterocycles. The van der Waals surface area contributed by atoms with Crippen LogP contribution in [0.25, 0.3) is 10.9 Å². The van der Waals surface area contributed by atoms with Crippen molar-refractivity contribution in [1.29, 1.82) is 0 Å². The van der Waals surface area contributed by atoms with Gasteiger partial charge < -0.3 is 15.4 Å². The van der Waals surface area contributed by atoms with Gasteiger partial charge >= 0.3 is 5.97 Å². The maximum Gasteiger partial charge on any atom is 0.337 e. The molecule has 3 N–H and O–H groups in total. The molecule has 0 amide bonds. The topological polar surface area (TPSA) is 68.2 Å². The summed E-state index contributed by atoms with van der Waals surface area (Å²) in [6, 6.07) is 3.90. The molecule has 108 valence electrons. The number of nitrogens with zero attached hydrogens (tertiary/aromatic N) is 1. The first kappa shape index (κ1) is 14.6. The quantitative estimate of drug-likeness (QED) is 0.851. The van der Waals surface area contributed by atoms with Gasteiger partial charge in [-0.15, -0.1) is 0 Å². The summed E-state index contributed by atoms with van der Waals surface area (Å²) in [6.45, 7) is 5.53. The van der Waals surface area contributed by atoms with Gasteiger partial charge in [0.05, 0.1) is 11.1 Å². The summed E-state index contributed by atoms with van der Waals surface area (Å²) in [6.07, 6.45) is 4.64. The van der Waals surface area contributed by atoms with Crippen LogP contribution in [0.5, 0.6) is 0 Å². The van der Waals surface area contributed by atoms with E-state index >= 15 is 0 Å². The van der Waals surface area contributed by atoms with Crippen molar-refractivity contribution < 1.29 is 9.90 Å². The lowest BCUT2D eigenvalue weighted by atomic mass is 10.0. The molecule has 0 radical (unpaired) electrons. The Kier molecular flexibility index (Phi) is 4.45.